The van der Waals surface area contributed by atoms with E-state index in [9.17, 15) is 8.42 Å². The molecule has 0 spiro atoms. The highest BCUT2D eigenvalue weighted by Gasteiger charge is 2.10. The maximum Gasteiger partial charge on any atom is 0.277 e. The van der Waals surface area contributed by atoms with Crippen molar-refractivity contribution in [2.24, 2.45) is 5.92 Å². The van der Waals surface area contributed by atoms with Crippen LogP contribution in [0.3, 0.4) is 0 Å². The van der Waals surface area contributed by atoms with Gasteiger partial charge >= 0.3 is 0 Å². The molecule has 1 aromatic carbocycles. The van der Waals surface area contributed by atoms with Crippen molar-refractivity contribution in [1.29, 1.82) is 0 Å². The first kappa shape index (κ1) is 16.7. The van der Waals surface area contributed by atoms with Crippen LogP contribution in [0.4, 0.5) is 0 Å². The maximum absolute atomic E-state index is 11.7. The van der Waals surface area contributed by atoms with Crippen LogP contribution in [-0.2, 0) is 16.8 Å². The van der Waals surface area contributed by atoms with E-state index in [4.69, 9.17) is 5.11 Å². The Bertz CT molecular complexity index is 586. The molecule has 0 saturated heterocycles. The second-order valence-electron chi connectivity index (χ2n) is 4.68. The molecular formula is C14H20N2O3S. The Hall–Kier alpha value is -1.39. The zero-order valence-corrected chi connectivity index (χ0v) is 12.5. The standard InChI is InChI=1S/C14H20N2O3S/c1-12(2)10-15-20(18,19)16-11-14-7-4-3-6-13(14)8-5-9-17/h3-4,6-7,12,15-17H,9-11H2,1-2H3. The molecule has 0 saturated carbocycles. The number of nitrogens with one attached hydrogen (secondary N) is 2. The van der Waals surface area contributed by atoms with E-state index >= 15 is 0 Å². The van der Waals surface area contributed by atoms with Gasteiger partial charge in [0.05, 0.1) is 0 Å². The van der Waals surface area contributed by atoms with Gasteiger partial charge in [-0.25, -0.2) is 4.72 Å². The van der Waals surface area contributed by atoms with E-state index in [0.717, 1.165) is 5.56 Å². The zero-order valence-electron chi connectivity index (χ0n) is 11.7. The topological polar surface area (TPSA) is 78.4 Å². The van der Waals surface area contributed by atoms with Gasteiger partial charge in [0.25, 0.3) is 10.2 Å². The van der Waals surface area contributed by atoms with E-state index in [1.54, 1.807) is 12.1 Å². The molecule has 1 aromatic rings. The van der Waals surface area contributed by atoms with Crippen molar-refractivity contribution in [3.63, 3.8) is 0 Å². The van der Waals surface area contributed by atoms with Crippen LogP contribution in [-0.4, -0.2) is 26.7 Å². The molecule has 3 N–H and O–H groups in total. The molecule has 0 fully saturated rings. The van der Waals surface area contributed by atoms with Crippen LogP contribution in [0.25, 0.3) is 0 Å². The second kappa shape index (κ2) is 8.02. The number of benzene rings is 1. The predicted molar refractivity (Wildman–Crippen MR) is 79.0 cm³/mol. The molecule has 0 aromatic heterocycles. The minimum absolute atomic E-state index is 0.156. The van der Waals surface area contributed by atoms with Gasteiger partial charge in [-0.1, -0.05) is 43.9 Å². The first-order valence-corrected chi connectivity index (χ1v) is 7.85. The van der Waals surface area contributed by atoms with Crippen LogP contribution in [0, 0.1) is 17.8 Å². The lowest BCUT2D eigenvalue weighted by atomic mass is 10.1. The molecule has 20 heavy (non-hydrogen) atoms. The predicted octanol–water partition coefficient (Wildman–Crippen LogP) is 0.610. The van der Waals surface area contributed by atoms with Gasteiger partial charge in [0.15, 0.2) is 0 Å². The fourth-order valence-corrected chi connectivity index (χ4v) is 2.43. The molecule has 0 aliphatic carbocycles. The molecule has 0 aliphatic heterocycles. The lowest BCUT2D eigenvalue weighted by Crippen LogP contribution is -2.38. The molecule has 1 rings (SSSR count). The lowest BCUT2D eigenvalue weighted by Gasteiger charge is -2.10. The van der Waals surface area contributed by atoms with Gasteiger partial charge in [-0.2, -0.15) is 13.1 Å². The largest absolute Gasteiger partial charge is 0.384 e. The van der Waals surface area contributed by atoms with Crippen molar-refractivity contribution in [2.45, 2.75) is 20.4 Å². The molecule has 0 aliphatic rings. The van der Waals surface area contributed by atoms with Gasteiger partial charge in [0.1, 0.15) is 6.61 Å². The summed E-state index contributed by atoms with van der Waals surface area (Å²) >= 11 is 0. The van der Waals surface area contributed by atoms with E-state index in [2.05, 4.69) is 21.3 Å². The number of hydrogen-bond donors (Lipinski definition) is 3. The van der Waals surface area contributed by atoms with Crippen molar-refractivity contribution in [1.82, 2.24) is 9.44 Å². The fourth-order valence-electron chi connectivity index (χ4n) is 1.43. The van der Waals surface area contributed by atoms with Gasteiger partial charge < -0.3 is 5.11 Å². The minimum atomic E-state index is -3.51. The van der Waals surface area contributed by atoms with Gasteiger partial charge in [-0.3, -0.25) is 0 Å². The van der Waals surface area contributed by atoms with Crippen molar-refractivity contribution in [3.05, 3.63) is 35.4 Å². The smallest absolute Gasteiger partial charge is 0.277 e. The summed E-state index contributed by atoms with van der Waals surface area (Å²) in [5, 5.41) is 8.70. The molecular weight excluding hydrogens is 276 g/mol. The van der Waals surface area contributed by atoms with E-state index in [0.29, 0.717) is 12.1 Å². The number of aliphatic hydroxyl groups excluding tert-OH is 1. The quantitative estimate of drug-likeness (QED) is 0.673. The Kier molecular flexibility index (Phi) is 6.68. The summed E-state index contributed by atoms with van der Waals surface area (Å²) < 4.78 is 28.4. The molecule has 0 atom stereocenters. The van der Waals surface area contributed by atoms with Gasteiger partial charge in [0.2, 0.25) is 0 Å². The summed E-state index contributed by atoms with van der Waals surface area (Å²) in [6.45, 7) is 4.19. The summed E-state index contributed by atoms with van der Waals surface area (Å²) in [6.07, 6.45) is 0. The third-order valence-electron chi connectivity index (χ3n) is 2.45. The Morgan fingerprint density at radius 3 is 2.60 bits per heavy atom. The zero-order chi connectivity index (χ0) is 15.0. The van der Waals surface area contributed by atoms with Crippen LogP contribution < -0.4 is 9.44 Å². The highest BCUT2D eigenvalue weighted by atomic mass is 32.2. The third-order valence-corrected chi connectivity index (χ3v) is 3.52. The molecule has 0 bridgehead atoms. The molecule has 5 nitrogen and oxygen atoms in total. The van der Waals surface area contributed by atoms with Crippen molar-refractivity contribution < 1.29 is 13.5 Å². The molecule has 0 radical (unpaired) electrons. The van der Waals surface area contributed by atoms with Crippen LogP contribution in [0.15, 0.2) is 24.3 Å². The summed E-state index contributed by atoms with van der Waals surface area (Å²) in [7, 11) is -3.51. The third kappa shape index (κ3) is 6.17. The molecule has 0 heterocycles. The Balaban J connectivity index is 2.70. The fraction of sp³-hybridized carbons (Fsp3) is 0.429. The maximum atomic E-state index is 11.7. The highest BCUT2D eigenvalue weighted by Crippen LogP contribution is 2.07. The van der Waals surface area contributed by atoms with E-state index in [-0.39, 0.29) is 19.1 Å². The highest BCUT2D eigenvalue weighted by molar-refractivity contribution is 7.87. The molecule has 110 valence electrons. The first-order valence-electron chi connectivity index (χ1n) is 6.36. The average molecular weight is 296 g/mol. The average Bonchev–Trinajstić information content (AvgIpc) is 2.42. The SMILES string of the molecule is CC(C)CNS(=O)(=O)NCc1ccccc1C#CCO. The monoisotopic (exact) mass is 296 g/mol. The molecule has 6 heteroatoms. The molecule has 0 unspecified atom stereocenters. The first-order chi connectivity index (χ1) is 9.44. The Morgan fingerprint density at radius 1 is 1.25 bits per heavy atom. The van der Waals surface area contributed by atoms with E-state index in [1.165, 1.54) is 0 Å². The van der Waals surface area contributed by atoms with Crippen LogP contribution >= 0.6 is 0 Å². The number of rotatable bonds is 6. The minimum Gasteiger partial charge on any atom is -0.384 e. The summed E-state index contributed by atoms with van der Waals surface area (Å²) in [6, 6.07) is 7.21. The second-order valence-corrected chi connectivity index (χ2v) is 6.27. The number of aliphatic hydroxyl groups is 1. The van der Waals surface area contributed by atoms with Crippen molar-refractivity contribution in [3.8, 4) is 11.8 Å². The van der Waals surface area contributed by atoms with Crippen molar-refractivity contribution in [2.75, 3.05) is 13.2 Å². The normalized spacial score (nSPS) is 11.2. The number of hydrogen-bond acceptors (Lipinski definition) is 3. The molecule has 0 amide bonds. The van der Waals surface area contributed by atoms with E-state index < -0.39 is 10.2 Å². The summed E-state index contributed by atoms with van der Waals surface area (Å²) in [4.78, 5) is 0. The van der Waals surface area contributed by atoms with Crippen LogP contribution in [0.1, 0.15) is 25.0 Å². The van der Waals surface area contributed by atoms with Gasteiger partial charge in [0, 0.05) is 18.7 Å². The lowest BCUT2D eigenvalue weighted by molar-refractivity contribution is 0.350. The Labute approximate surface area is 120 Å². The Morgan fingerprint density at radius 2 is 1.95 bits per heavy atom. The summed E-state index contributed by atoms with van der Waals surface area (Å²) in [5.41, 5.74) is 1.47. The van der Waals surface area contributed by atoms with E-state index in [1.807, 2.05) is 26.0 Å². The summed E-state index contributed by atoms with van der Waals surface area (Å²) in [5.74, 6) is 5.59. The van der Waals surface area contributed by atoms with Gasteiger partial charge in [-0.05, 0) is 17.5 Å². The van der Waals surface area contributed by atoms with Crippen LogP contribution in [0.5, 0.6) is 0 Å². The van der Waals surface area contributed by atoms with Crippen molar-refractivity contribution >= 4 is 10.2 Å². The van der Waals surface area contributed by atoms with Gasteiger partial charge in [-0.15, -0.1) is 0 Å². The van der Waals surface area contributed by atoms with Crippen LogP contribution in [0.2, 0.25) is 0 Å².